The number of benzene rings is 2. The second kappa shape index (κ2) is 13.1. The predicted octanol–water partition coefficient (Wildman–Crippen LogP) is 5.67. The summed E-state index contributed by atoms with van der Waals surface area (Å²) < 4.78 is 50.6. The summed E-state index contributed by atoms with van der Waals surface area (Å²) >= 11 is 0. The normalized spacial score (nSPS) is 17.8. The first kappa shape index (κ1) is 32.4. The Morgan fingerprint density at radius 1 is 1.02 bits per heavy atom. The van der Waals surface area contributed by atoms with Crippen molar-refractivity contribution >= 4 is 12.0 Å². The summed E-state index contributed by atoms with van der Waals surface area (Å²) in [6.45, 7) is 10.8. The fourth-order valence-corrected chi connectivity index (χ4v) is 5.75. The number of carbonyl (C=O) groups excluding carboxylic acids is 2. The number of hydrogen-bond acceptors (Lipinski definition) is 6. The number of carbonyl (C=O) groups is 2. The van der Waals surface area contributed by atoms with Crippen LogP contribution in [-0.2, 0) is 11.3 Å². The predicted molar refractivity (Wildman–Crippen MR) is 165 cm³/mol. The molecule has 45 heavy (non-hydrogen) atoms. The van der Waals surface area contributed by atoms with E-state index in [1.54, 1.807) is 26.8 Å². The van der Waals surface area contributed by atoms with Gasteiger partial charge in [-0.25, -0.2) is 4.79 Å². The van der Waals surface area contributed by atoms with Gasteiger partial charge in [-0.05, 0) is 63.1 Å². The van der Waals surface area contributed by atoms with Crippen LogP contribution in [-0.4, -0.2) is 84.6 Å². The Balaban J connectivity index is 1.48. The molecule has 3 heterocycles. The van der Waals surface area contributed by atoms with Crippen molar-refractivity contribution in [3.8, 4) is 28.0 Å². The third-order valence-corrected chi connectivity index (χ3v) is 7.91. The highest BCUT2D eigenvalue weighted by Gasteiger charge is 2.33. The monoisotopic (exact) mass is 627 g/mol. The van der Waals surface area contributed by atoms with E-state index in [1.165, 1.54) is 18.2 Å². The molecule has 1 saturated heterocycles. The summed E-state index contributed by atoms with van der Waals surface area (Å²) in [5, 5.41) is 5.73. The zero-order valence-corrected chi connectivity index (χ0v) is 26.0. The Kier molecular flexibility index (Phi) is 9.45. The average Bonchev–Trinajstić information content (AvgIpc) is 3.36. The second-order valence-electron chi connectivity index (χ2n) is 12.6. The van der Waals surface area contributed by atoms with E-state index in [0.29, 0.717) is 41.9 Å². The van der Waals surface area contributed by atoms with Crippen LogP contribution in [0.4, 0.5) is 18.0 Å². The third kappa shape index (κ3) is 8.37. The van der Waals surface area contributed by atoms with E-state index < -0.39 is 18.1 Å². The molecule has 2 aliphatic heterocycles. The molecule has 0 bridgehead atoms. The van der Waals surface area contributed by atoms with E-state index >= 15 is 0 Å². The van der Waals surface area contributed by atoms with Crippen LogP contribution in [0.25, 0.3) is 22.3 Å². The molecular weight excluding hydrogens is 587 g/mol. The van der Waals surface area contributed by atoms with Gasteiger partial charge in [-0.1, -0.05) is 36.4 Å². The van der Waals surface area contributed by atoms with E-state index in [2.05, 4.69) is 32.2 Å². The van der Waals surface area contributed by atoms with E-state index in [0.717, 1.165) is 43.9 Å². The largest absolute Gasteiger partial charge is 0.573 e. The Hall–Kier alpha value is -4.03. The first-order chi connectivity index (χ1) is 21.3. The Bertz CT molecular complexity index is 1510. The highest BCUT2D eigenvalue weighted by molar-refractivity contribution is 6.05. The van der Waals surface area contributed by atoms with Crippen molar-refractivity contribution < 1.29 is 32.2 Å². The highest BCUT2D eigenvalue weighted by atomic mass is 19.4. The molecule has 0 spiro atoms. The molecule has 2 N–H and O–H groups in total. The molecule has 2 amide bonds. The number of nitrogens with zero attached hydrogens (tertiary/aromatic N) is 3. The van der Waals surface area contributed by atoms with E-state index in [4.69, 9.17) is 4.74 Å². The second-order valence-corrected chi connectivity index (χ2v) is 12.6. The highest BCUT2D eigenvalue weighted by Crippen LogP contribution is 2.41. The average molecular weight is 628 g/mol. The van der Waals surface area contributed by atoms with Gasteiger partial charge in [0, 0.05) is 63.1 Å². The van der Waals surface area contributed by atoms with Crippen molar-refractivity contribution in [3.63, 3.8) is 0 Å². The summed E-state index contributed by atoms with van der Waals surface area (Å²) in [4.78, 5) is 30.3. The van der Waals surface area contributed by atoms with Gasteiger partial charge in [-0.3, -0.25) is 9.69 Å². The quantitative estimate of drug-likeness (QED) is 0.335. The van der Waals surface area contributed by atoms with Gasteiger partial charge in [0.2, 0.25) is 0 Å². The zero-order valence-electron chi connectivity index (χ0n) is 26.0. The lowest BCUT2D eigenvalue weighted by Crippen LogP contribution is -2.43. The summed E-state index contributed by atoms with van der Waals surface area (Å²) in [5.74, 6) is -0.628. The van der Waals surface area contributed by atoms with Crippen molar-refractivity contribution in [3.05, 3.63) is 66.0 Å². The molecule has 0 radical (unpaired) electrons. The smallest absolute Gasteiger partial charge is 0.444 e. The minimum atomic E-state index is -4.84. The van der Waals surface area contributed by atoms with E-state index in [9.17, 15) is 22.8 Å². The van der Waals surface area contributed by atoms with Crippen LogP contribution in [0.2, 0.25) is 0 Å². The van der Waals surface area contributed by atoms with Crippen molar-refractivity contribution in [2.24, 2.45) is 0 Å². The molecule has 242 valence electrons. The number of nitrogens with one attached hydrogen (secondary N) is 2. The minimum Gasteiger partial charge on any atom is -0.444 e. The number of hydrogen-bond donors (Lipinski definition) is 2. The zero-order chi connectivity index (χ0) is 32.4. The first-order valence-corrected chi connectivity index (χ1v) is 15.1. The molecule has 2 aliphatic rings. The SMILES string of the molecule is CN1CCN(Cc2ccc(-c3c(-c4cccc(OC(F)(F)F)c4)cn4c3C(=O)NC[C@@H]4CCNC(=O)OC(C)(C)C)cc2)CC1. The van der Waals surface area contributed by atoms with Crippen LogP contribution in [0, 0.1) is 0 Å². The molecular formula is C33H40F3N5O4. The summed E-state index contributed by atoms with van der Waals surface area (Å²) in [7, 11) is 2.12. The molecule has 1 fully saturated rings. The van der Waals surface area contributed by atoms with Gasteiger partial charge in [0.25, 0.3) is 5.91 Å². The molecule has 0 unspecified atom stereocenters. The number of fused-ring (bicyclic) bond motifs is 1. The lowest BCUT2D eigenvalue weighted by molar-refractivity contribution is -0.274. The van der Waals surface area contributed by atoms with Crippen LogP contribution in [0.5, 0.6) is 5.75 Å². The van der Waals surface area contributed by atoms with Gasteiger partial charge in [-0.2, -0.15) is 0 Å². The van der Waals surface area contributed by atoms with Crippen LogP contribution >= 0.6 is 0 Å². The van der Waals surface area contributed by atoms with Gasteiger partial charge in [-0.15, -0.1) is 13.2 Å². The summed E-state index contributed by atoms with van der Waals surface area (Å²) in [5.41, 5.74) is 3.38. The molecule has 0 saturated carbocycles. The van der Waals surface area contributed by atoms with E-state index in [-0.39, 0.29) is 17.7 Å². The van der Waals surface area contributed by atoms with Crippen LogP contribution in [0.3, 0.4) is 0 Å². The number of ether oxygens (including phenoxy) is 2. The molecule has 9 nitrogen and oxygen atoms in total. The summed E-state index contributed by atoms with van der Waals surface area (Å²) in [6.07, 6.45) is -3.07. The fourth-order valence-electron chi connectivity index (χ4n) is 5.75. The first-order valence-electron chi connectivity index (χ1n) is 15.1. The van der Waals surface area contributed by atoms with Crippen LogP contribution in [0.15, 0.2) is 54.7 Å². The number of aromatic nitrogens is 1. The van der Waals surface area contributed by atoms with Crippen molar-refractivity contribution in [2.45, 2.75) is 51.7 Å². The summed E-state index contributed by atoms with van der Waals surface area (Å²) in [6, 6.07) is 13.6. The topological polar surface area (TPSA) is 88.1 Å². The van der Waals surface area contributed by atoms with Crippen molar-refractivity contribution in [2.75, 3.05) is 46.3 Å². The fraction of sp³-hybridized carbons (Fsp3) is 0.455. The van der Waals surface area contributed by atoms with Gasteiger partial charge in [0.05, 0.1) is 6.04 Å². The molecule has 1 aromatic heterocycles. The third-order valence-electron chi connectivity index (χ3n) is 7.91. The van der Waals surface area contributed by atoms with Crippen LogP contribution in [0.1, 0.15) is 49.3 Å². The maximum atomic E-state index is 13.4. The number of alkyl halides is 3. The lowest BCUT2D eigenvalue weighted by Gasteiger charge is -2.32. The Morgan fingerprint density at radius 3 is 2.40 bits per heavy atom. The standard InChI is InChI=1S/C33H40F3N5O4/c1-32(2,3)45-31(43)37-13-12-25-19-38-30(42)29-28(23-10-8-22(9-11-23)20-40-16-14-39(4)15-17-40)27(21-41(25)29)24-6-5-7-26(18-24)44-33(34,35)36/h5-11,18,21,25H,12-17,19-20H2,1-4H3,(H,37,43)(H,38,42)/t25-/m0/s1. The van der Waals surface area contributed by atoms with Gasteiger partial charge in [0.15, 0.2) is 0 Å². The molecule has 12 heteroatoms. The number of alkyl carbamates (subject to hydrolysis) is 1. The minimum absolute atomic E-state index is 0.216. The molecule has 0 aliphatic carbocycles. The van der Waals surface area contributed by atoms with Crippen molar-refractivity contribution in [1.82, 2.24) is 25.0 Å². The number of piperazine rings is 1. The molecule has 1 atom stereocenters. The number of likely N-dealkylation sites (N-methyl/N-ethyl adjacent to an activating group) is 1. The Morgan fingerprint density at radius 2 is 1.73 bits per heavy atom. The van der Waals surface area contributed by atoms with Crippen LogP contribution < -0.4 is 15.4 Å². The molecule has 2 aromatic carbocycles. The van der Waals surface area contributed by atoms with E-state index in [1.807, 2.05) is 35.0 Å². The van der Waals surface area contributed by atoms with Gasteiger partial charge in [0.1, 0.15) is 17.0 Å². The number of halogens is 3. The maximum absolute atomic E-state index is 13.4. The number of rotatable bonds is 8. The van der Waals surface area contributed by atoms with Gasteiger partial charge < -0.3 is 29.6 Å². The number of amides is 2. The lowest BCUT2D eigenvalue weighted by atomic mass is 9.95. The molecule has 3 aromatic rings. The van der Waals surface area contributed by atoms with Crippen molar-refractivity contribution in [1.29, 1.82) is 0 Å². The molecule has 5 rings (SSSR count). The Labute approximate surface area is 261 Å². The van der Waals surface area contributed by atoms with Gasteiger partial charge >= 0.3 is 12.5 Å². The maximum Gasteiger partial charge on any atom is 0.573 e.